The SMILES string of the molecule is CCc1cc2c(=O)n(Cc3cc(=O)oc4c(C)c(C)ccc34)cnc2s1. The van der Waals surface area contributed by atoms with E-state index in [9.17, 15) is 9.59 Å². The summed E-state index contributed by atoms with van der Waals surface area (Å²) in [5, 5.41) is 1.48. The third-order valence-corrected chi connectivity index (χ3v) is 5.96. The number of nitrogens with zero attached hydrogens (tertiary/aromatic N) is 2. The topological polar surface area (TPSA) is 65.1 Å². The second-order valence-electron chi connectivity index (χ2n) is 6.44. The maximum absolute atomic E-state index is 12.8. The van der Waals surface area contributed by atoms with E-state index in [2.05, 4.69) is 11.9 Å². The Morgan fingerprint density at radius 1 is 1.15 bits per heavy atom. The van der Waals surface area contributed by atoms with E-state index in [0.29, 0.717) is 11.0 Å². The third kappa shape index (κ3) is 2.66. The van der Waals surface area contributed by atoms with Crippen molar-refractivity contribution in [3.8, 4) is 0 Å². The molecule has 0 spiro atoms. The molecular weight excluding hydrogens is 348 g/mol. The van der Waals surface area contributed by atoms with Gasteiger partial charge in [0.25, 0.3) is 5.56 Å². The molecule has 0 aliphatic heterocycles. The summed E-state index contributed by atoms with van der Waals surface area (Å²) in [6, 6.07) is 7.31. The van der Waals surface area contributed by atoms with E-state index < -0.39 is 5.63 Å². The fraction of sp³-hybridized carbons (Fsp3) is 0.250. The summed E-state index contributed by atoms with van der Waals surface area (Å²) >= 11 is 1.55. The summed E-state index contributed by atoms with van der Waals surface area (Å²) in [6.07, 6.45) is 2.44. The van der Waals surface area contributed by atoms with Crippen LogP contribution in [0.1, 0.15) is 28.5 Å². The molecule has 1 aromatic carbocycles. The lowest BCUT2D eigenvalue weighted by atomic mass is 10.0. The van der Waals surface area contributed by atoms with Gasteiger partial charge in [-0.3, -0.25) is 9.36 Å². The maximum atomic E-state index is 12.8. The predicted molar refractivity (Wildman–Crippen MR) is 104 cm³/mol. The van der Waals surface area contributed by atoms with E-state index in [1.54, 1.807) is 22.2 Å². The van der Waals surface area contributed by atoms with Crippen LogP contribution in [0.4, 0.5) is 0 Å². The molecule has 0 unspecified atom stereocenters. The number of fused-ring (bicyclic) bond motifs is 2. The van der Waals surface area contributed by atoms with Crippen LogP contribution in [0.15, 0.2) is 44.6 Å². The van der Waals surface area contributed by atoms with Gasteiger partial charge in [0.05, 0.1) is 18.3 Å². The van der Waals surface area contributed by atoms with Crippen molar-refractivity contribution in [3.63, 3.8) is 0 Å². The first kappa shape index (κ1) is 16.7. The quantitative estimate of drug-likeness (QED) is 0.518. The molecule has 6 heteroatoms. The molecule has 4 rings (SSSR count). The summed E-state index contributed by atoms with van der Waals surface area (Å²) in [5.74, 6) is 0. The summed E-state index contributed by atoms with van der Waals surface area (Å²) in [6.45, 7) is 6.25. The van der Waals surface area contributed by atoms with Crippen LogP contribution in [0.5, 0.6) is 0 Å². The van der Waals surface area contributed by atoms with Gasteiger partial charge >= 0.3 is 5.63 Å². The summed E-state index contributed by atoms with van der Waals surface area (Å²) < 4.78 is 6.97. The van der Waals surface area contributed by atoms with Gasteiger partial charge in [0, 0.05) is 16.3 Å². The zero-order valence-corrected chi connectivity index (χ0v) is 15.6. The Labute approximate surface area is 153 Å². The molecule has 0 fully saturated rings. The van der Waals surface area contributed by atoms with Crippen molar-refractivity contribution in [1.82, 2.24) is 9.55 Å². The fourth-order valence-electron chi connectivity index (χ4n) is 3.14. The first-order valence-corrected chi connectivity index (χ1v) is 9.30. The zero-order chi connectivity index (χ0) is 18.4. The van der Waals surface area contributed by atoms with Gasteiger partial charge in [-0.15, -0.1) is 11.3 Å². The summed E-state index contributed by atoms with van der Waals surface area (Å²) in [7, 11) is 0. The third-order valence-electron chi connectivity index (χ3n) is 4.78. The Morgan fingerprint density at radius 3 is 2.73 bits per heavy atom. The fourth-order valence-corrected chi connectivity index (χ4v) is 4.06. The van der Waals surface area contributed by atoms with E-state index in [0.717, 1.165) is 38.2 Å². The molecule has 3 heterocycles. The van der Waals surface area contributed by atoms with Crippen LogP contribution in [0.2, 0.25) is 0 Å². The summed E-state index contributed by atoms with van der Waals surface area (Å²) in [4.78, 5) is 31.2. The molecule has 0 radical (unpaired) electrons. The van der Waals surface area contributed by atoms with Gasteiger partial charge in [0.15, 0.2) is 0 Å². The van der Waals surface area contributed by atoms with Crippen molar-refractivity contribution in [2.45, 2.75) is 33.7 Å². The van der Waals surface area contributed by atoms with Crippen LogP contribution in [-0.4, -0.2) is 9.55 Å². The Bertz CT molecular complexity index is 1260. The van der Waals surface area contributed by atoms with E-state index in [4.69, 9.17) is 4.42 Å². The lowest BCUT2D eigenvalue weighted by Gasteiger charge is -2.10. The van der Waals surface area contributed by atoms with Crippen LogP contribution >= 0.6 is 11.3 Å². The van der Waals surface area contributed by atoms with Gasteiger partial charge < -0.3 is 4.42 Å². The standard InChI is InChI=1S/C20H18N2O3S/c1-4-14-8-16-19(26-14)21-10-22(20(16)24)9-13-7-17(23)25-18-12(3)11(2)5-6-15(13)18/h5-8,10H,4,9H2,1-3H3. The Morgan fingerprint density at radius 2 is 1.96 bits per heavy atom. The molecule has 4 aromatic rings. The van der Waals surface area contributed by atoms with Gasteiger partial charge in [-0.05, 0) is 43.0 Å². The minimum atomic E-state index is -0.410. The molecule has 0 saturated carbocycles. The number of hydrogen-bond donors (Lipinski definition) is 0. The summed E-state index contributed by atoms with van der Waals surface area (Å²) in [5.41, 5.74) is 2.84. The highest BCUT2D eigenvalue weighted by Crippen LogP contribution is 2.24. The highest BCUT2D eigenvalue weighted by atomic mass is 32.1. The van der Waals surface area contributed by atoms with Gasteiger partial charge in [-0.2, -0.15) is 0 Å². The number of benzene rings is 1. The van der Waals surface area contributed by atoms with Crippen molar-refractivity contribution >= 4 is 32.5 Å². The largest absolute Gasteiger partial charge is 0.422 e. The van der Waals surface area contributed by atoms with Crippen LogP contribution in [-0.2, 0) is 13.0 Å². The number of aromatic nitrogens is 2. The molecule has 0 N–H and O–H groups in total. The van der Waals surface area contributed by atoms with Crippen LogP contribution in [0, 0.1) is 13.8 Å². The molecule has 26 heavy (non-hydrogen) atoms. The Balaban J connectivity index is 1.89. The molecule has 0 aliphatic rings. The second kappa shape index (κ2) is 6.21. The van der Waals surface area contributed by atoms with E-state index in [-0.39, 0.29) is 12.1 Å². The number of thiophene rings is 1. The predicted octanol–water partition coefficient (Wildman–Crippen LogP) is 3.79. The van der Waals surface area contributed by atoms with Gasteiger partial charge in [0.2, 0.25) is 0 Å². The molecule has 0 atom stereocenters. The lowest BCUT2D eigenvalue weighted by Crippen LogP contribution is -2.21. The molecule has 0 aliphatic carbocycles. The normalized spacial score (nSPS) is 11.5. The van der Waals surface area contributed by atoms with Crippen molar-refractivity contribution in [2.75, 3.05) is 0 Å². The van der Waals surface area contributed by atoms with Crippen molar-refractivity contribution in [3.05, 3.63) is 72.9 Å². The average Bonchev–Trinajstić information content (AvgIpc) is 3.05. The Hall–Kier alpha value is -2.73. The highest BCUT2D eigenvalue weighted by molar-refractivity contribution is 7.18. The molecule has 0 bridgehead atoms. The average molecular weight is 366 g/mol. The van der Waals surface area contributed by atoms with Crippen LogP contribution in [0.25, 0.3) is 21.2 Å². The number of aryl methyl sites for hydroxylation is 3. The molecule has 3 aromatic heterocycles. The van der Waals surface area contributed by atoms with Crippen molar-refractivity contribution in [1.29, 1.82) is 0 Å². The molecular formula is C20H18N2O3S. The van der Waals surface area contributed by atoms with E-state index >= 15 is 0 Å². The molecule has 5 nitrogen and oxygen atoms in total. The van der Waals surface area contributed by atoms with Crippen molar-refractivity contribution in [2.24, 2.45) is 0 Å². The minimum Gasteiger partial charge on any atom is -0.422 e. The van der Waals surface area contributed by atoms with Crippen molar-refractivity contribution < 1.29 is 4.42 Å². The molecule has 0 saturated heterocycles. The smallest absolute Gasteiger partial charge is 0.336 e. The minimum absolute atomic E-state index is 0.0869. The number of hydrogen-bond acceptors (Lipinski definition) is 5. The number of rotatable bonds is 3. The highest BCUT2D eigenvalue weighted by Gasteiger charge is 2.13. The zero-order valence-electron chi connectivity index (χ0n) is 14.8. The van der Waals surface area contributed by atoms with Gasteiger partial charge in [-0.1, -0.05) is 19.1 Å². The van der Waals surface area contributed by atoms with Crippen LogP contribution < -0.4 is 11.2 Å². The maximum Gasteiger partial charge on any atom is 0.336 e. The van der Waals surface area contributed by atoms with E-state index in [1.165, 1.54) is 6.07 Å². The lowest BCUT2D eigenvalue weighted by molar-refractivity contribution is 0.554. The van der Waals surface area contributed by atoms with Crippen LogP contribution in [0.3, 0.4) is 0 Å². The molecule has 0 amide bonds. The molecule has 132 valence electrons. The first-order chi connectivity index (χ1) is 12.5. The Kier molecular flexibility index (Phi) is 4.00. The van der Waals surface area contributed by atoms with E-state index in [1.807, 2.05) is 32.0 Å². The van der Waals surface area contributed by atoms with Gasteiger partial charge in [-0.25, -0.2) is 9.78 Å². The second-order valence-corrected chi connectivity index (χ2v) is 7.55. The first-order valence-electron chi connectivity index (χ1n) is 8.48. The monoisotopic (exact) mass is 366 g/mol. The van der Waals surface area contributed by atoms with Gasteiger partial charge in [0.1, 0.15) is 10.4 Å².